The molecule has 0 aliphatic carbocycles. The number of hydrogen-bond acceptors (Lipinski definition) is 3. The fraction of sp³-hybridized carbons (Fsp3) is 0.158. The van der Waals surface area contributed by atoms with Crippen molar-refractivity contribution in [1.29, 1.82) is 0 Å². The zero-order valence-electron chi connectivity index (χ0n) is 13.5. The van der Waals surface area contributed by atoms with E-state index in [0.29, 0.717) is 5.75 Å². The van der Waals surface area contributed by atoms with Crippen LogP contribution in [0.1, 0.15) is 5.56 Å². The minimum atomic E-state index is 0.0560. The number of aromatic nitrogens is 2. The lowest BCUT2D eigenvalue weighted by Gasteiger charge is -2.17. The molecule has 0 aliphatic rings. The molecule has 0 saturated heterocycles. The van der Waals surface area contributed by atoms with Gasteiger partial charge in [0.25, 0.3) is 0 Å². The molecule has 1 aromatic heterocycles. The van der Waals surface area contributed by atoms with Gasteiger partial charge in [0.2, 0.25) is 5.91 Å². The van der Waals surface area contributed by atoms with Crippen LogP contribution in [0.4, 0.5) is 5.69 Å². The minimum absolute atomic E-state index is 0.0560. The molecule has 0 aliphatic heterocycles. The number of carbonyl (C=O) groups excluding carboxylic acids is 1. The Hall–Kier alpha value is -2.53. The predicted molar refractivity (Wildman–Crippen MR) is 98.3 cm³/mol. The minimum Gasteiger partial charge on any atom is -0.322 e. The second-order valence-electron chi connectivity index (χ2n) is 5.40. The van der Waals surface area contributed by atoms with Gasteiger partial charge in [-0.2, -0.15) is 0 Å². The Balaban J connectivity index is 1.61. The highest BCUT2D eigenvalue weighted by molar-refractivity contribution is 7.99. The zero-order chi connectivity index (χ0) is 16.8. The van der Waals surface area contributed by atoms with E-state index in [0.717, 1.165) is 17.4 Å². The van der Waals surface area contributed by atoms with E-state index in [1.807, 2.05) is 54.7 Å². The number of carbonyl (C=O) groups is 1. The van der Waals surface area contributed by atoms with Crippen molar-refractivity contribution in [2.45, 2.75) is 11.7 Å². The van der Waals surface area contributed by atoms with Gasteiger partial charge in [-0.15, -0.1) is 0 Å². The number of thioether (sulfide) groups is 1. The Kier molecular flexibility index (Phi) is 5.33. The van der Waals surface area contributed by atoms with Crippen molar-refractivity contribution >= 4 is 23.4 Å². The molecule has 0 unspecified atom stereocenters. The summed E-state index contributed by atoms with van der Waals surface area (Å²) >= 11 is 1.46. The third-order valence-corrected chi connectivity index (χ3v) is 4.70. The molecule has 0 spiro atoms. The fourth-order valence-corrected chi connectivity index (χ4v) is 3.23. The van der Waals surface area contributed by atoms with E-state index in [4.69, 9.17) is 0 Å². The standard InChI is InChI=1S/C19H19N3OS/c1-21(17-10-6-3-7-11-17)18(23)15-24-19-20-12-13-22(19)14-16-8-4-2-5-9-16/h2-13H,14-15H2,1H3. The van der Waals surface area contributed by atoms with Crippen molar-refractivity contribution in [3.63, 3.8) is 0 Å². The molecular weight excluding hydrogens is 318 g/mol. The summed E-state index contributed by atoms with van der Waals surface area (Å²) in [5.41, 5.74) is 2.11. The van der Waals surface area contributed by atoms with Crippen LogP contribution >= 0.6 is 11.8 Å². The highest BCUT2D eigenvalue weighted by Crippen LogP contribution is 2.19. The normalized spacial score (nSPS) is 10.5. The van der Waals surface area contributed by atoms with Crippen molar-refractivity contribution < 1.29 is 4.79 Å². The summed E-state index contributed by atoms with van der Waals surface area (Å²) in [6.45, 7) is 0.756. The predicted octanol–water partition coefficient (Wildman–Crippen LogP) is 3.69. The quantitative estimate of drug-likeness (QED) is 0.644. The number of rotatable bonds is 6. The molecule has 122 valence electrons. The smallest absolute Gasteiger partial charge is 0.237 e. The molecule has 24 heavy (non-hydrogen) atoms. The van der Waals surface area contributed by atoms with E-state index in [1.165, 1.54) is 17.3 Å². The van der Waals surface area contributed by atoms with Gasteiger partial charge in [-0.05, 0) is 17.7 Å². The van der Waals surface area contributed by atoms with Crippen molar-refractivity contribution in [3.05, 3.63) is 78.6 Å². The van der Waals surface area contributed by atoms with E-state index in [1.54, 1.807) is 18.1 Å². The third-order valence-electron chi connectivity index (χ3n) is 3.72. The lowest BCUT2D eigenvalue weighted by molar-refractivity contribution is -0.115. The molecule has 3 rings (SSSR count). The molecule has 1 heterocycles. The van der Waals surface area contributed by atoms with Gasteiger partial charge in [0.05, 0.1) is 5.75 Å². The monoisotopic (exact) mass is 337 g/mol. The van der Waals surface area contributed by atoms with Gasteiger partial charge in [-0.3, -0.25) is 4.79 Å². The van der Waals surface area contributed by atoms with Crippen molar-refractivity contribution in [3.8, 4) is 0 Å². The van der Waals surface area contributed by atoms with E-state index in [-0.39, 0.29) is 5.91 Å². The molecule has 0 bridgehead atoms. The van der Waals surface area contributed by atoms with Gasteiger partial charge in [0.1, 0.15) is 0 Å². The Morgan fingerprint density at radius 2 is 1.75 bits per heavy atom. The van der Waals surface area contributed by atoms with Gasteiger partial charge in [0, 0.05) is 31.7 Å². The number of imidazole rings is 1. The Bertz CT molecular complexity index is 787. The zero-order valence-corrected chi connectivity index (χ0v) is 14.3. The number of hydrogen-bond donors (Lipinski definition) is 0. The average molecular weight is 337 g/mol. The van der Waals surface area contributed by atoms with Crippen LogP contribution in [0.2, 0.25) is 0 Å². The summed E-state index contributed by atoms with van der Waals surface area (Å²) < 4.78 is 2.07. The van der Waals surface area contributed by atoms with Crippen molar-refractivity contribution in [2.24, 2.45) is 0 Å². The maximum absolute atomic E-state index is 12.4. The second kappa shape index (κ2) is 7.84. The summed E-state index contributed by atoms with van der Waals surface area (Å²) in [7, 11) is 1.80. The molecule has 0 fully saturated rings. The van der Waals surface area contributed by atoms with Gasteiger partial charge in [0.15, 0.2) is 5.16 Å². The number of anilines is 1. The Labute approximate surface area is 146 Å². The maximum atomic E-state index is 12.4. The molecule has 0 saturated carbocycles. The highest BCUT2D eigenvalue weighted by atomic mass is 32.2. The topological polar surface area (TPSA) is 38.1 Å². The number of nitrogens with zero attached hydrogens (tertiary/aromatic N) is 3. The molecule has 0 radical (unpaired) electrons. The number of benzene rings is 2. The summed E-state index contributed by atoms with van der Waals surface area (Å²) in [4.78, 5) is 18.4. The number of para-hydroxylation sites is 1. The molecule has 0 N–H and O–H groups in total. The van der Waals surface area contributed by atoms with Crippen LogP contribution in [0.5, 0.6) is 0 Å². The molecule has 1 amide bonds. The van der Waals surface area contributed by atoms with Gasteiger partial charge in [-0.1, -0.05) is 60.3 Å². The molecule has 4 nitrogen and oxygen atoms in total. The molecule has 3 aromatic rings. The van der Waals surface area contributed by atoms with Crippen molar-refractivity contribution in [2.75, 3.05) is 17.7 Å². The van der Waals surface area contributed by atoms with Gasteiger partial charge in [-0.25, -0.2) is 4.98 Å². The average Bonchev–Trinajstić information content (AvgIpc) is 3.07. The lowest BCUT2D eigenvalue weighted by atomic mass is 10.2. The molecule has 0 atom stereocenters. The van der Waals surface area contributed by atoms with Crippen molar-refractivity contribution in [1.82, 2.24) is 9.55 Å². The SMILES string of the molecule is CN(C(=O)CSc1nccn1Cc1ccccc1)c1ccccc1. The summed E-state index contributed by atoms with van der Waals surface area (Å²) in [5, 5.41) is 0.855. The third kappa shape index (κ3) is 4.06. The molecule has 2 aromatic carbocycles. The van der Waals surface area contributed by atoms with Crippen LogP contribution in [0.3, 0.4) is 0 Å². The molecule has 5 heteroatoms. The lowest BCUT2D eigenvalue weighted by Crippen LogP contribution is -2.27. The highest BCUT2D eigenvalue weighted by Gasteiger charge is 2.13. The van der Waals surface area contributed by atoms with E-state index in [9.17, 15) is 4.79 Å². The fourth-order valence-electron chi connectivity index (χ4n) is 2.35. The maximum Gasteiger partial charge on any atom is 0.237 e. The molecular formula is C19H19N3OS. The summed E-state index contributed by atoms with van der Waals surface area (Å²) in [6.07, 6.45) is 3.72. The first-order valence-electron chi connectivity index (χ1n) is 7.73. The Morgan fingerprint density at radius 3 is 2.46 bits per heavy atom. The second-order valence-corrected chi connectivity index (χ2v) is 6.34. The van der Waals surface area contributed by atoms with Gasteiger partial charge >= 0.3 is 0 Å². The van der Waals surface area contributed by atoms with Crippen LogP contribution in [-0.4, -0.2) is 28.3 Å². The van der Waals surface area contributed by atoms with Crippen LogP contribution in [-0.2, 0) is 11.3 Å². The summed E-state index contributed by atoms with van der Waals surface area (Å²) in [6, 6.07) is 19.9. The first-order valence-corrected chi connectivity index (χ1v) is 8.72. The Morgan fingerprint density at radius 1 is 1.08 bits per heavy atom. The van der Waals surface area contributed by atoms with E-state index >= 15 is 0 Å². The van der Waals surface area contributed by atoms with Crippen LogP contribution in [0.25, 0.3) is 0 Å². The van der Waals surface area contributed by atoms with Crippen LogP contribution < -0.4 is 4.90 Å². The summed E-state index contributed by atoms with van der Waals surface area (Å²) in [5.74, 6) is 0.414. The van der Waals surface area contributed by atoms with Gasteiger partial charge < -0.3 is 9.47 Å². The van der Waals surface area contributed by atoms with Crippen LogP contribution in [0.15, 0.2) is 78.2 Å². The van der Waals surface area contributed by atoms with E-state index < -0.39 is 0 Å². The number of amides is 1. The largest absolute Gasteiger partial charge is 0.322 e. The van der Waals surface area contributed by atoms with E-state index in [2.05, 4.69) is 21.7 Å². The first kappa shape index (κ1) is 16.3. The van der Waals surface area contributed by atoms with Crippen LogP contribution in [0, 0.1) is 0 Å². The first-order chi connectivity index (χ1) is 11.7.